The van der Waals surface area contributed by atoms with Crippen molar-refractivity contribution in [1.29, 1.82) is 0 Å². The highest BCUT2D eigenvalue weighted by atomic mass is 32.1. The third-order valence-corrected chi connectivity index (χ3v) is 3.99. The van der Waals surface area contributed by atoms with Crippen molar-refractivity contribution >= 4 is 23.2 Å². The Bertz CT molecular complexity index is 715. The topological polar surface area (TPSA) is 68.3 Å². The second-order valence-electron chi connectivity index (χ2n) is 6.65. The van der Waals surface area contributed by atoms with Crippen LogP contribution in [-0.4, -0.2) is 29.0 Å². The van der Waals surface area contributed by atoms with Crippen LogP contribution in [0.1, 0.15) is 32.0 Å². The third-order valence-electron chi connectivity index (χ3n) is 3.05. The molecule has 5 nitrogen and oxygen atoms in total. The van der Waals surface area contributed by atoms with Crippen LogP contribution in [0.2, 0.25) is 0 Å². The number of nitrogens with zero attached hydrogens (tertiary/aromatic N) is 1. The average molecular weight is 346 g/mol. The lowest BCUT2D eigenvalue weighted by molar-refractivity contribution is -0.148. The van der Waals surface area contributed by atoms with E-state index in [-0.39, 0.29) is 24.5 Å². The van der Waals surface area contributed by atoms with Gasteiger partial charge in [0.25, 0.3) is 5.91 Å². The first-order valence-electron chi connectivity index (χ1n) is 7.71. The van der Waals surface area contributed by atoms with Gasteiger partial charge in [0, 0.05) is 16.5 Å². The number of hydrogen-bond donors (Lipinski definition) is 1. The minimum atomic E-state index is -0.459. The predicted molar refractivity (Wildman–Crippen MR) is 94.8 cm³/mol. The van der Waals surface area contributed by atoms with Crippen molar-refractivity contribution in [2.45, 2.75) is 39.7 Å². The van der Waals surface area contributed by atoms with Crippen LogP contribution in [0.3, 0.4) is 0 Å². The van der Waals surface area contributed by atoms with E-state index in [0.717, 1.165) is 10.6 Å². The summed E-state index contributed by atoms with van der Waals surface area (Å²) in [6.45, 7) is 7.37. The van der Waals surface area contributed by atoms with Crippen LogP contribution in [-0.2, 0) is 20.7 Å². The Kier molecular flexibility index (Phi) is 5.72. The van der Waals surface area contributed by atoms with Crippen molar-refractivity contribution in [3.05, 3.63) is 40.9 Å². The van der Waals surface area contributed by atoms with Gasteiger partial charge in [-0.1, -0.05) is 29.8 Å². The lowest BCUT2D eigenvalue weighted by Gasteiger charge is -2.20. The Labute approximate surface area is 146 Å². The summed E-state index contributed by atoms with van der Waals surface area (Å²) in [4.78, 5) is 27.9. The van der Waals surface area contributed by atoms with Gasteiger partial charge >= 0.3 is 5.97 Å². The molecule has 1 aromatic carbocycles. The van der Waals surface area contributed by atoms with E-state index in [2.05, 4.69) is 10.3 Å². The van der Waals surface area contributed by atoms with E-state index in [1.54, 1.807) is 0 Å². The molecule has 0 spiro atoms. The van der Waals surface area contributed by atoms with Crippen molar-refractivity contribution in [3.8, 4) is 10.6 Å². The van der Waals surface area contributed by atoms with Gasteiger partial charge in [-0.05, 0) is 27.7 Å². The summed E-state index contributed by atoms with van der Waals surface area (Å²) < 4.78 is 5.00. The zero-order valence-electron chi connectivity index (χ0n) is 14.4. The van der Waals surface area contributed by atoms with Gasteiger partial charge in [0.05, 0.1) is 12.1 Å². The molecule has 2 rings (SSSR count). The number of nitrogens with one attached hydrogen (secondary N) is 1. The quantitative estimate of drug-likeness (QED) is 0.845. The fourth-order valence-electron chi connectivity index (χ4n) is 2.02. The molecule has 0 bridgehead atoms. The summed E-state index contributed by atoms with van der Waals surface area (Å²) in [6, 6.07) is 8.07. The third kappa shape index (κ3) is 5.77. The molecule has 0 aliphatic rings. The summed E-state index contributed by atoms with van der Waals surface area (Å²) in [7, 11) is 0. The number of aromatic nitrogens is 1. The number of rotatable bonds is 5. The normalized spacial score (nSPS) is 11.2. The first-order valence-corrected chi connectivity index (χ1v) is 8.59. The van der Waals surface area contributed by atoms with E-state index in [1.807, 2.05) is 57.3 Å². The number of thiazole rings is 1. The van der Waals surface area contributed by atoms with E-state index in [4.69, 9.17) is 4.74 Å². The number of hydrogen-bond acceptors (Lipinski definition) is 5. The molecule has 0 saturated heterocycles. The number of carbonyl (C=O) groups excluding carboxylic acids is 2. The largest absolute Gasteiger partial charge is 0.455 e. The molecule has 24 heavy (non-hydrogen) atoms. The van der Waals surface area contributed by atoms with Crippen LogP contribution in [0.15, 0.2) is 29.6 Å². The Morgan fingerprint density at radius 2 is 1.88 bits per heavy atom. The minimum absolute atomic E-state index is 0.0607. The van der Waals surface area contributed by atoms with E-state index in [9.17, 15) is 9.59 Å². The van der Waals surface area contributed by atoms with Crippen LogP contribution in [0, 0.1) is 6.92 Å². The van der Waals surface area contributed by atoms with Gasteiger partial charge in [-0.15, -0.1) is 11.3 Å². The number of ether oxygens (including phenoxy) is 1. The van der Waals surface area contributed by atoms with E-state index < -0.39 is 5.97 Å². The van der Waals surface area contributed by atoms with Gasteiger partial charge < -0.3 is 10.1 Å². The zero-order chi connectivity index (χ0) is 17.7. The molecule has 1 aromatic heterocycles. The van der Waals surface area contributed by atoms with Crippen molar-refractivity contribution in [3.63, 3.8) is 0 Å². The Balaban J connectivity index is 1.87. The minimum Gasteiger partial charge on any atom is -0.455 e. The van der Waals surface area contributed by atoms with Crippen LogP contribution in [0.4, 0.5) is 0 Å². The van der Waals surface area contributed by atoms with Crippen molar-refractivity contribution < 1.29 is 14.3 Å². The van der Waals surface area contributed by atoms with Crippen molar-refractivity contribution in [2.75, 3.05) is 6.61 Å². The van der Waals surface area contributed by atoms with Gasteiger partial charge in [-0.2, -0.15) is 0 Å². The molecule has 0 aliphatic carbocycles. The molecule has 1 N–H and O–H groups in total. The second-order valence-corrected chi connectivity index (χ2v) is 7.50. The fraction of sp³-hybridized carbons (Fsp3) is 0.389. The summed E-state index contributed by atoms with van der Waals surface area (Å²) in [5.74, 6) is -0.769. The monoisotopic (exact) mass is 346 g/mol. The highest BCUT2D eigenvalue weighted by Crippen LogP contribution is 2.24. The predicted octanol–water partition coefficient (Wildman–Crippen LogP) is 3.12. The molecular weight excluding hydrogens is 324 g/mol. The van der Waals surface area contributed by atoms with Gasteiger partial charge in [-0.25, -0.2) is 4.98 Å². The van der Waals surface area contributed by atoms with Crippen LogP contribution in [0.5, 0.6) is 0 Å². The number of amides is 1. The maximum atomic E-state index is 11.8. The van der Waals surface area contributed by atoms with Gasteiger partial charge in [0.2, 0.25) is 0 Å². The second kappa shape index (κ2) is 7.57. The molecule has 2 aromatic rings. The summed E-state index contributed by atoms with van der Waals surface area (Å²) in [5, 5.41) is 5.44. The number of carbonyl (C=O) groups is 2. The molecule has 1 amide bonds. The molecule has 0 saturated carbocycles. The molecule has 1 heterocycles. The van der Waals surface area contributed by atoms with Crippen LogP contribution in [0.25, 0.3) is 10.6 Å². The lowest BCUT2D eigenvalue weighted by Crippen LogP contribution is -2.42. The summed E-state index contributed by atoms with van der Waals surface area (Å²) >= 11 is 1.48. The van der Waals surface area contributed by atoms with Gasteiger partial charge in [-0.3, -0.25) is 9.59 Å². The van der Waals surface area contributed by atoms with Gasteiger partial charge in [0.1, 0.15) is 5.01 Å². The number of benzene rings is 1. The molecule has 128 valence electrons. The Morgan fingerprint density at radius 3 is 2.50 bits per heavy atom. The fourth-order valence-corrected chi connectivity index (χ4v) is 2.84. The molecule has 6 heteroatoms. The molecule has 0 aliphatic heterocycles. The van der Waals surface area contributed by atoms with E-state index >= 15 is 0 Å². The highest BCUT2D eigenvalue weighted by Gasteiger charge is 2.16. The number of esters is 1. The Hall–Kier alpha value is -2.21. The van der Waals surface area contributed by atoms with E-state index in [1.165, 1.54) is 16.9 Å². The average Bonchev–Trinajstić information content (AvgIpc) is 2.92. The highest BCUT2D eigenvalue weighted by molar-refractivity contribution is 7.13. The Morgan fingerprint density at radius 1 is 1.21 bits per heavy atom. The van der Waals surface area contributed by atoms with Gasteiger partial charge in [0.15, 0.2) is 6.61 Å². The van der Waals surface area contributed by atoms with E-state index in [0.29, 0.717) is 5.69 Å². The molecule has 0 atom stereocenters. The maximum absolute atomic E-state index is 11.8. The van der Waals surface area contributed by atoms with Crippen LogP contribution >= 0.6 is 11.3 Å². The zero-order valence-corrected chi connectivity index (χ0v) is 15.2. The molecule has 0 radical (unpaired) electrons. The van der Waals surface area contributed by atoms with Crippen molar-refractivity contribution in [1.82, 2.24) is 10.3 Å². The van der Waals surface area contributed by atoms with Crippen molar-refractivity contribution in [2.24, 2.45) is 0 Å². The summed E-state index contributed by atoms with van der Waals surface area (Å²) in [6.07, 6.45) is 0.0607. The standard InChI is InChI=1S/C18H22N2O3S/c1-12-5-7-13(8-6-12)17-19-14(11-24-17)9-16(22)23-10-15(21)20-18(2,3)4/h5-8,11H,9-10H2,1-4H3,(H,20,21). The molecular formula is C18H22N2O3S. The first-order chi connectivity index (χ1) is 11.2. The first kappa shape index (κ1) is 18.1. The lowest BCUT2D eigenvalue weighted by atomic mass is 10.1. The molecule has 0 fully saturated rings. The summed E-state index contributed by atoms with van der Waals surface area (Å²) in [5.41, 5.74) is 2.51. The SMILES string of the molecule is Cc1ccc(-c2nc(CC(=O)OCC(=O)NC(C)(C)C)cs2)cc1. The smallest absolute Gasteiger partial charge is 0.312 e. The van der Waals surface area contributed by atoms with Crippen LogP contribution < -0.4 is 5.32 Å². The maximum Gasteiger partial charge on any atom is 0.312 e. The molecule has 0 unspecified atom stereocenters. The number of aryl methyl sites for hydroxylation is 1.